The van der Waals surface area contributed by atoms with Crippen LogP contribution in [0.15, 0.2) is 24.3 Å². The lowest BCUT2D eigenvalue weighted by Crippen LogP contribution is -2.35. The molecule has 0 heterocycles. The zero-order chi connectivity index (χ0) is 22.1. The Morgan fingerprint density at radius 2 is 1.75 bits per heavy atom. The molecule has 0 aliphatic heterocycles. The van der Waals surface area contributed by atoms with Gasteiger partial charge in [-0.15, -0.1) is 8.86 Å². The zero-order valence-corrected chi connectivity index (χ0v) is 21.5. The minimum Gasteiger partial charge on any atom is -0.378 e. The van der Waals surface area contributed by atoms with Crippen LogP contribution in [0.2, 0.25) is 0 Å². The largest absolute Gasteiger partial charge is 0.378 e. The zero-order valence-electron chi connectivity index (χ0n) is 20.5. The standard InChI is InChI=1S/C12H24NP.C11H17N.C2H6/c1-6-13-8-12(5)7-11(3,4)9(2)10(12)14;1-9(2)10-6-5-7-11(8-10)12(3)4;1-2/h9,13-14H,6-8H2,1-5H3;5-9H,1-4H3;1-2H3/t9?,12-;;/m0../s1. The van der Waals surface area contributed by atoms with Crippen LogP contribution in [-0.2, 0) is 0 Å². The molecule has 0 saturated heterocycles. The lowest BCUT2D eigenvalue weighted by molar-refractivity contribution is 0.255. The van der Waals surface area contributed by atoms with Gasteiger partial charge >= 0.3 is 0 Å². The highest BCUT2D eigenvalue weighted by atomic mass is 31.0. The molecule has 1 fully saturated rings. The van der Waals surface area contributed by atoms with Crippen molar-refractivity contribution in [3.8, 4) is 0 Å². The fraction of sp³-hybridized carbons (Fsp3) is 0.720. The molecule has 3 heteroatoms. The summed E-state index contributed by atoms with van der Waals surface area (Å²) >= 11 is 0. The van der Waals surface area contributed by atoms with E-state index in [9.17, 15) is 0 Å². The fourth-order valence-electron chi connectivity index (χ4n) is 3.89. The molecule has 1 aliphatic rings. The second-order valence-corrected chi connectivity index (χ2v) is 9.82. The van der Waals surface area contributed by atoms with Gasteiger partial charge in [-0.05, 0) is 53.2 Å². The molecule has 0 amide bonds. The maximum absolute atomic E-state index is 3.86. The molecular weight excluding hydrogens is 359 g/mol. The summed E-state index contributed by atoms with van der Waals surface area (Å²) in [6.07, 6.45) is 1.27. The van der Waals surface area contributed by atoms with Gasteiger partial charge in [-0.3, -0.25) is 0 Å². The Labute approximate surface area is 178 Å². The summed E-state index contributed by atoms with van der Waals surface area (Å²) in [4.78, 5) is 2.13. The van der Waals surface area contributed by atoms with Gasteiger partial charge in [0, 0.05) is 31.7 Å². The minimum absolute atomic E-state index is 0.329. The predicted octanol–water partition coefficient (Wildman–Crippen LogP) is 6.89. The topological polar surface area (TPSA) is 15.3 Å². The van der Waals surface area contributed by atoms with Crippen LogP contribution in [0.1, 0.15) is 80.2 Å². The first-order chi connectivity index (χ1) is 12.9. The van der Waals surface area contributed by atoms with Crippen molar-refractivity contribution in [2.45, 2.75) is 74.7 Å². The van der Waals surface area contributed by atoms with Crippen molar-refractivity contribution in [2.75, 3.05) is 32.1 Å². The van der Waals surface area contributed by atoms with E-state index in [1.54, 1.807) is 0 Å². The van der Waals surface area contributed by atoms with E-state index in [0.717, 1.165) is 13.1 Å². The molecule has 0 spiro atoms. The Morgan fingerprint density at radius 1 is 1.18 bits per heavy atom. The number of benzene rings is 1. The van der Waals surface area contributed by atoms with Gasteiger partial charge in [0.15, 0.2) is 0 Å². The molecule has 1 aromatic rings. The van der Waals surface area contributed by atoms with Gasteiger partial charge in [0.1, 0.15) is 0 Å². The van der Waals surface area contributed by atoms with Crippen LogP contribution < -0.4 is 10.2 Å². The smallest absolute Gasteiger partial charge is 0.0363 e. The van der Waals surface area contributed by atoms with Crippen molar-refractivity contribution in [3.05, 3.63) is 29.8 Å². The molecule has 1 N–H and O–H groups in total. The molecule has 2 rings (SSSR count). The van der Waals surface area contributed by atoms with Crippen molar-refractivity contribution in [1.82, 2.24) is 5.32 Å². The molecule has 0 bridgehead atoms. The van der Waals surface area contributed by atoms with Crippen molar-refractivity contribution in [3.63, 3.8) is 0 Å². The van der Waals surface area contributed by atoms with Gasteiger partial charge in [-0.1, -0.05) is 74.4 Å². The van der Waals surface area contributed by atoms with Crippen molar-refractivity contribution < 1.29 is 0 Å². The number of nitrogens with zero attached hydrogens (tertiary/aromatic N) is 1. The number of rotatable bonds is 5. The summed E-state index contributed by atoms with van der Waals surface area (Å²) in [7, 11) is 8.00. The molecule has 2 atom stereocenters. The second-order valence-electron chi connectivity index (χ2n) is 9.29. The molecule has 1 aliphatic carbocycles. The van der Waals surface area contributed by atoms with E-state index in [-0.39, 0.29) is 0 Å². The molecule has 28 heavy (non-hydrogen) atoms. The van der Waals surface area contributed by atoms with Crippen LogP contribution in [0.4, 0.5) is 5.69 Å². The van der Waals surface area contributed by atoms with Crippen molar-refractivity contribution in [1.29, 1.82) is 0 Å². The van der Waals surface area contributed by atoms with E-state index in [1.165, 1.54) is 23.0 Å². The average Bonchev–Trinajstić information content (AvgIpc) is 2.81. The monoisotopic (exact) mass is 406 g/mol. The Kier molecular flexibility index (Phi) is 11.6. The molecular formula is C25H47N2P. The van der Waals surface area contributed by atoms with E-state index in [2.05, 4.69) is 106 Å². The molecule has 1 saturated carbocycles. The molecule has 0 aromatic heterocycles. The maximum Gasteiger partial charge on any atom is 0.0363 e. The number of hydrogen-bond acceptors (Lipinski definition) is 2. The van der Waals surface area contributed by atoms with Crippen LogP contribution >= 0.6 is 8.86 Å². The van der Waals surface area contributed by atoms with Crippen molar-refractivity contribution in [2.24, 2.45) is 16.7 Å². The summed E-state index contributed by atoms with van der Waals surface area (Å²) in [5.74, 6) is 1.28. The number of hydrogen-bond donors (Lipinski definition) is 1. The third kappa shape index (κ3) is 7.53. The van der Waals surface area contributed by atoms with E-state index >= 15 is 0 Å². The SMILES string of the molecule is CC.CC(C)c1cccc(N(C)C)c1.CCNC[C@]1(C)CC(C)(C)C(C)C1=P. The summed E-state index contributed by atoms with van der Waals surface area (Å²) < 4.78 is 0. The highest BCUT2D eigenvalue weighted by Crippen LogP contribution is 2.50. The summed E-state index contributed by atoms with van der Waals surface area (Å²) in [5, 5.41) is 4.96. The third-order valence-electron chi connectivity index (χ3n) is 5.92. The molecule has 2 nitrogen and oxygen atoms in total. The molecule has 1 aromatic carbocycles. The summed E-state index contributed by atoms with van der Waals surface area (Å²) in [5.41, 5.74) is 3.44. The van der Waals surface area contributed by atoms with E-state index in [0.29, 0.717) is 22.7 Å². The quantitative estimate of drug-likeness (QED) is 0.536. The summed E-state index contributed by atoms with van der Waals surface area (Å²) in [6.45, 7) is 22.2. The molecule has 1 unspecified atom stereocenters. The highest BCUT2D eigenvalue weighted by Gasteiger charge is 2.47. The lowest BCUT2D eigenvalue weighted by atomic mass is 9.81. The minimum atomic E-state index is 0.329. The summed E-state index contributed by atoms with van der Waals surface area (Å²) in [6, 6.07) is 8.67. The lowest BCUT2D eigenvalue weighted by Gasteiger charge is -2.27. The molecule has 0 radical (unpaired) electrons. The molecule has 162 valence electrons. The fourth-order valence-corrected chi connectivity index (χ4v) is 4.46. The normalized spacial score (nSPS) is 22.9. The van der Waals surface area contributed by atoms with E-state index < -0.39 is 0 Å². The predicted molar refractivity (Wildman–Crippen MR) is 134 cm³/mol. The Balaban J connectivity index is 0.000000483. The van der Waals surface area contributed by atoms with Crippen LogP contribution in [-0.4, -0.2) is 32.5 Å². The first-order valence-electron chi connectivity index (χ1n) is 11.0. The Hall–Kier alpha value is -0.850. The van der Waals surface area contributed by atoms with Crippen LogP contribution in [0, 0.1) is 16.7 Å². The van der Waals surface area contributed by atoms with Gasteiger partial charge < -0.3 is 10.2 Å². The van der Waals surface area contributed by atoms with Gasteiger partial charge in [-0.2, -0.15) is 0 Å². The Bertz CT molecular complexity index is 569. The number of anilines is 1. The van der Waals surface area contributed by atoms with E-state index in [1.807, 2.05) is 13.8 Å². The second kappa shape index (κ2) is 12.0. The Morgan fingerprint density at radius 3 is 2.14 bits per heavy atom. The van der Waals surface area contributed by atoms with Crippen LogP contribution in [0.5, 0.6) is 0 Å². The first kappa shape index (κ1) is 27.1. The first-order valence-corrected chi connectivity index (χ1v) is 11.5. The average molecular weight is 407 g/mol. The van der Waals surface area contributed by atoms with Gasteiger partial charge in [-0.25, -0.2) is 0 Å². The van der Waals surface area contributed by atoms with Gasteiger partial charge in [0.05, 0.1) is 0 Å². The number of nitrogens with one attached hydrogen (secondary N) is 1. The van der Waals surface area contributed by atoms with Gasteiger partial charge in [0.2, 0.25) is 0 Å². The van der Waals surface area contributed by atoms with Crippen LogP contribution in [0.3, 0.4) is 0 Å². The van der Waals surface area contributed by atoms with Crippen LogP contribution in [0.25, 0.3) is 0 Å². The highest BCUT2D eigenvalue weighted by molar-refractivity contribution is 7.21. The van der Waals surface area contributed by atoms with Crippen molar-refractivity contribution >= 4 is 19.8 Å². The third-order valence-corrected chi connectivity index (χ3v) is 6.96. The maximum atomic E-state index is 3.86. The van der Waals surface area contributed by atoms with Gasteiger partial charge in [0.25, 0.3) is 0 Å². The van der Waals surface area contributed by atoms with E-state index in [4.69, 9.17) is 0 Å².